The number of rotatable bonds is 6. The predicted octanol–water partition coefficient (Wildman–Crippen LogP) is 1.79. The number of amides is 1. The van der Waals surface area contributed by atoms with E-state index in [0.29, 0.717) is 12.1 Å². The summed E-state index contributed by atoms with van der Waals surface area (Å²) in [5.74, 6) is -0.576. The first kappa shape index (κ1) is 18.1. The minimum absolute atomic E-state index is 0.116. The van der Waals surface area contributed by atoms with Crippen LogP contribution in [-0.2, 0) is 16.6 Å². The van der Waals surface area contributed by atoms with Crippen LogP contribution in [0.5, 0.6) is 0 Å². The zero-order chi connectivity index (χ0) is 17.9. The van der Waals surface area contributed by atoms with Crippen molar-refractivity contribution in [2.45, 2.75) is 30.3 Å². The third-order valence-electron chi connectivity index (χ3n) is 4.24. The molecule has 2 aromatic rings. The summed E-state index contributed by atoms with van der Waals surface area (Å²) >= 11 is 1.71. The number of sulfonamides is 1. The fraction of sp³-hybridized carbons (Fsp3) is 0.353. The topological polar surface area (TPSA) is 92.5 Å². The summed E-state index contributed by atoms with van der Waals surface area (Å²) in [5.41, 5.74) is 5.47. The number of nitrogens with one attached hydrogen (secondary N) is 1. The van der Waals surface area contributed by atoms with Gasteiger partial charge in [-0.05, 0) is 55.1 Å². The van der Waals surface area contributed by atoms with E-state index in [9.17, 15) is 13.2 Å². The summed E-state index contributed by atoms with van der Waals surface area (Å²) in [6.45, 7) is 2.52. The molecule has 1 unspecified atom stereocenters. The molecule has 0 spiro atoms. The lowest BCUT2D eigenvalue weighted by molar-refractivity contribution is 0.1000. The van der Waals surface area contributed by atoms with E-state index < -0.39 is 15.9 Å². The number of nitrogens with two attached hydrogens (primary N) is 1. The molecule has 134 valence electrons. The normalized spacial score (nSPS) is 19.0. The Kier molecular flexibility index (Phi) is 5.53. The average molecular weight is 380 g/mol. The molecule has 8 heteroatoms. The van der Waals surface area contributed by atoms with Crippen molar-refractivity contribution in [2.75, 3.05) is 13.1 Å². The number of carbonyl (C=O) groups is 1. The summed E-state index contributed by atoms with van der Waals surface area (Å²) in [4.78, 5) is 14.8. The minimum Gasteiger partial charge on any atom is -0.366 e. The third kappa shape index (κ3) is 4.66. The number of likely N-dealkylation sites (tertiary alicyclic amines) is 1. The van der Waals surface area contributed by atoms with E-state index >= 15 is 0 Å². The van der Waals surface area contributed by atoms with Gasteiger partial charge in [-0.1, -0.05) is 6.07 Å². The lowest BCUT2D eigenvalue weighted by Crippen LogP contribution is -2.47. The zero-order valence-electron chi connectivity index (χ0n) is 13.7. The van der Waals surface area contributed by atoms with E-state index in [2.05, 4.69) is 21.1 Å². The number of primary amides is 1. The highest BCUT2D eigenvalue weighted by Gasteiger charge is 2.25. The molecule has 1 saturated heterocycles. The SMILES string of the molecule is NC(=O)c1ccc(S(=O)(=O)NC2CCCN(Cc3cccs3)C2)cc1. The first-order valence-electron chi connectivity index (χ1n) is 8.11. The zero-order valence-corrected chi connectivity index (χ0v) is 15.4. The number of nitrogens with zero attached hydrogens (tertiary/aromatic N) is 1. The highest BCUT2D eigenvalue weighted by Crippen LogP contribution is 2.19. The van der Waals surface area contributed by atoms with E-state index in [1.807, 2.05) is 6.07 Å². The fourth-order valence-electron chi connectivity index (χ4n) is 3.00. The predicted molar refractivity (Wildman–Crippen MR) is 97.9 cm³/mol. The molecule has 1 fully saturated rings. The van der Waals surface area contributed by atoms with Crippen LogP contribution in [0.4, 0.5) is 0 Å². The van der Waals surface area contributed by atoms with Crippen LogP contribution in [0.1, 0.15) is 28.1 Å². The second kappa shape index (κ2) is 7.65. The van der Waals surface area contributed by atoms with Gasteiger partial charge in [-0.25, -0.2) is 13.1 Å². The molecule has 1 atom stereocenters. The van der Waals surface area contributed by atoms with Gasteiger partial charge >= 0.3 is 0 Å². The number of hydrogen-bond donors (Lipinski definition) is 2. The van der Waals surface area contributed by atoms with Crippen LogP contribution >= 0.6 is 11.3 Å². The highest BCUT2D eigenvalue weighted by atomic mass is 32.2. The van der Waals surface area contributed by atoms with Gasteiger partial charge in [-0.15, -0.1) is 11.3 Å². The number of benzene rings is 1. The van der Waals surface area contributed by atoms with Crippen molar-refractivity contribution < 1.29 is 13.2 Å². The van der Waals surface area contributed by atoms with Gasteiger partial charge in [0, 0.05) is 29.6 Å². The second-order valence-electron chi connectivity index (χ2n) is 6.16. The first-order chi connectivity index (χ1) is 11.9. The number of carbonyl (C=O) groups excluding carboxylic acids is 1. The van der Waals surface area contributed by atoms with Gasteiger partial charge < -0.3 is 5.73 Å². The van der Waals surface area contributed by atoms with E-state index in [1.54, 1.807) is 11.3 Å². The van der Waals surface area contributed by atoms with Crippen LogP contribution in [0.2, 0.25) is 0 Å². The molecule has 3 N–H and O–H groups in total. The quantitative estimate of drug-likeness (QED) is 0.800. The molecule has 6 nitrogen and oxygen atoms in total. The van der Waals surface area contributed by atoms with Crippen molar-refractivity contribution in [1.82, 2.24) is 9.62 Å². The molecule has 2 heterocycles. The van der Waals surface area contributed by atoms with Crippen molar-refractivity contribution in [3.05, 3.63) is 52.2 Å². The molecule has 3 rings (SSSR count). The minimum atomic E-state index is -3.61. The molecule has 1 aromatic carbocycles. The van der Waals surface area contributed by atoms with Gasteiger partial charge in [0.1, 0.15) is 0 Å². The Morgan fingerprint density at radius 2 is 2.04 bits per heavy atom. The summed E-state index contributed by atoms with van der Waals surface area (Å²) in [6.07, 6.45) is 1.78. The highest BCUT2D eigenvalue weighted by molar-refractivity contribution is 7.89. The Hall–Kier alpha value is -1.74. The van der Waals surface area contributed by atoms with Crippen LogP contribution in [0.3, 0.4) is 0 Å². The van der Waals surface area contributed by atoms with Crippen LogP contribution in [0.25, 0.3) is 0 Å². The van der Waals surface area contributed by atoms with Gasteiger partial charge in [0.2, 0.25) is 15.9 Å². The van der Waals surface area contributed by atoms with Gasteiger partial charge in [0.25, 0.3) is 0 Å². The maximum Gasteiger partial charge on any atom is 0.248 e. The fourth-order valence-corrected chi connectivity index (χ4v) is 5.01. The Balaban J connectivity index is 1.64. The van der Waals surface area contributed by atoms with E-state index in [0.717, 1.165) is 25.9 Å². The Bertz CT molecular complexity index is 817. The second-order valence-corrected chi connectivity index (χ2v) is 8.91. The maximum absolute atomic E-state index is 12.6. The summed E-state index contributed by atoms with van der Waals surface area (Å²) < 4.78 is 27.9. The van der Waals surface area contributed by atoms with Crippen molar-refractivity contribution in [1.29, 1.82) is 0 Å². The van der Waals surface area contributed by atoms with Crippen LogP contribution in [-0.4, -0.2) is 38.4 Å². The Labute approximate surface area is 151 Å². The standard InChI is InChI=1S/C17H21N3O3S2/c18-17(21)13-5-7-16(8-6-13)25(22,23)19-14-3-1-9-20(11-14)12-15-4-2-10-24-15/h2,4-8,10,14,19H,1,3,9,11-12H2,(H2,18,21). The lowest BCUT2D eigenvalue weighted by Gasteiger charge is -2.32. The number of hydrogen-bond acceptors (Lipinski definition) is 5. The summed E-state index contributed by atoms with van der Waals surface area (Å²) in [5, 5.41) is 2.05. The average Bonchev–Trinajstić information content (AvgIpc) is 3.08. The molecule has 1 aliphatic heterocycles. The molecule has 25 heavy (non-hydrogen) atoms. The summed E-state index contributed by atoms with van der Waals surface area (Å²) in [6, 6.07) is 9.69. The molecular weight excluding hydrogens is 358 g/mol. The third-order valence-corrected chi connectivity index (χ3v) is 6.63. The van der Waals surface area contributed by atoms with Crippen molar-refractivity contribution in [2.24, 2.45) is 5.73 Å². The van der Waals surface area contributed by atoms with Crippen molar-refractivity contribution in [3.8, 4) is 0 Å². The first-order valence-corrected chi connectivity index (χ1v) is 10.5. The van der Waals surface area contributed by atoms with E-state index in [1.165, 1.54) is 29.1 Å². The Morgan fingerprint density at radius 3 is 2.68 bits per heavy atom. The van der Waals surface area contributed by atoms with Crippen molar-refractivity contribution >= 4 is 27.3 Å². The van der Waals surface area contributed by atoms with Crippen LogP contribution in [0.15, 0.2) is 46.7 Å². The number of piperidine rings is 1. The van der Waals surface area contributed by atoms with E-state index in [-0.39, 0.29) is 10.9 Å². The molecule has 1 aromatic heterocycles. The smallest absolute Gasteiger partial charge is 0.248 e. The molecule has 0 saturated carbocycles. The van der Waals surface area contributed by atoms with Crippen LogP contribution < -0.4 is 10.5 Å². The van der Waals surface area contributed by atoms with Gasteiger partial charge in [-0.2, -0.15) is 0 Å². The number of thiophene rings is 1. The summed E-state index contributed by atoms with van der Waals surface area (Å²) in [7, 11) is -3.61. The van der Waals surface area contributed by atoms with Gasteiger partial charge in [0.05, 0.1) is 4.90 Å². The molecule has 0 bridgehead atoms. The largest absolute Gasteiger partial charge is 0.366 e. The van der Waals surface area contributed by atoms with Crippen molar-refractivity contribution in [3.63, 3.8) is 0 Å². The maximum atomic E-state index is 12.6. The van der Waals surface area contributed by atoms with Crippen LogP contribution in [0, 0.1) is 0 Å². The lowest BCUT2D eigenvalue weighted by atomic mass is 10.1. The molecule has 1 aliphatic rings. The molecule has 0 radical (unpaired) electrons. The molecular formula is C17H21N3O3S2. The van der Waals surface area contributed by atoms with Gasteiger partial charge in [0.15, 0.2) is 0 Å². The molecule has 0 aliphatic carbocycles. The Morgan fingerprint density at radius 1 is 1.28 bits per heavy atom. The monoisotopic (exact) mass is 379 g/mol. The molecule has 1 amide bonds. The van der Waals surface area contributed by atoms with Gasteiger partial charge in [-0.3, -0.25) is 9.69 Å². The van der Waals surface area contributed by atoms with E-state index in [4.69, 9.17) is 5.73 Å².